The number of nitrogens with one attached hydrogen (secondary N) is 2. The highest BCUT2D eigenvalue weighted by Crippen LogP contribution is 2.32. The maximum atomic E-state index is 12.8. The molecular formula is C20H23ClN2O4S. The van der Waals surface area contributed by atoms with Gasteiger partial charge >= 0.3 is 0 Å². The SMILES string of the molecule is CC(C)(C)NS(=O)(=O)c1cc(C(=O)NC2CCOc3ccccc32)ccc1Cl. The lowest BCUT2D eigenvalue weighted by molar-refractivity contribution is 0.0924. The number of hydrogen-bond donors (Lipinski definition) is 2. The van der Waals surface area contributed by atoms with Gasteiger partial charge in [-0.05, 0) is 45.0 Å². The van der Waals surface area contributed by atoms with Gasteiger partial charge < -0.3 is 10.1 Å². The number of rotatable bonds is 4. The first kappa shape index (κ1) is 20.6. The first-order valence-corrected chi connectivity index (χ1v) is 10.8. The first-order chi connectivity index (χ1) is 13.1. The topological polar surface area (TPSA) is 84.5 Å². The van der Waals surface area contributed by atoms with E-state index in [1.54, 1.807) is 20.8 Å². The summed E-state index contributed by atoms with van der Waals surface area (Å²) in [6.07, 6.45) is 0.632. The van der Waals surface area contributed by atoms with Gasteiger partial charge in [-0.1, -0.05) is 29.8 Å². The average Bonchev–Trinajstić information content (AvgIpc) is 2.60. The third-order valence-corrected chi connectivity index (χ3v) is 6.43. The van der Waals surface area contributed by atoms with Crippen molar-refractivity contribution in [1.29, 1.82) is 0 Å². The number of carbonyl (C=O) groups is 1. The van der Waals surface area contributed by atoms with Gasteiger partial charge in [0.25, 0.3) is 5.91 Å². The van der Waals surface area contributed by atoms with E-state index in [9.17, 15) is 13.2 Å². The minimum Gasteiger partial charge on any atom is -0.493 e. The van der Waals surface area contributed by atoms with Crippen molar-refractivity contribution >= 4 is 27.5 Å². The summed E-state index contributed by atoms with van der Waals surface area (Å²) in [5, 5.41) is 3.02. The fraction of sp³-hybridized carbons (Fsp3) is 0.350. The number of fused-ring (bicyclic) bond motifs is 1. The molecule has 2 N–H and O–H groups in total. The third-order valence-electron chi connectivity index (χ3n) is 4.19. The van der Waals surface area contributed by atoms with Crippen molar-refractivity contribution in [3.63, 3.8) is 0 Å². The van der Waals surface area contributed by atoms with E-state index in [2.05, 4.69) is 10.0 Å². The van der Waals surface area contributed by atoms with Crippen LogP contribution in [-0.4, -0.2) is 26.5 Å². The van der Waals surface area contributed by atoms with Crippen molar-refractivity contribution in [3.05, 3.63) is 58.6 Å². The van der Waals surface area contributed by atoms with Crippen LogP contribution in [-0.2, 0) is 10.0 Å². The lowest BCUT2D eigenvalue weighted by atomic mass is 10.00. The van der Waals surface area contributed by atoms with Gasteiger partial charge in [0.1, 0.15) is 10.6 Å². The second kappa shape index (κ2) is 7.73. The van der Waals surface area contributed by atoms with E-state index in [4.69, 9.17) is 16.3 Å². The molecule has 2 aromatic rings. The molecule has 2 aromatic carbocycles. The Morgan fingerprint density at radius 1 is 1.18 bits per heavy atom. The normalized spacial score (nSPS) is 16.8. The van der Waals surface area contributed by atoms with Gasteiger partial charge in [-0.25, -0.2) is 13.1 Å². The van der Waals surface area contributed by atoms with Crippen LogP contribution >= 0.6 is 11.6 Å². The number of para-hydroxylation sites is 1. The van der Waals surface area contributed by atoms with E-state index in [1.165, 1.54) is 18.2 Å². The lowest BCUT2D eigenvalue weighted by Gasteiger charge is -2.26. The van der Waals surface area contributed by atoms with Crippen LogP contribution < -0.4 is 14.8 Å². The second-order valence-corrected chi connectivity index (χ2v) is 9.76. The van der Waals surface area contributed by atoms with Gasteiger partial charge in [0, 0.05) is 23.1 Å². The molecule has 1 heterocycles. The van der Waals surface area contributed by atoms with Gasteiger partial charge in [-0.15, -0.1) is 0 Å². The molecule has 1 amide bonds. The molecule has 0 radical (unpaired) electrons. The predicted molar refractivity (Wildman–Crippen MR) is 108 cm³/mol. The maximum Gasteiger partial charge on any atom is 0.251 e. The van der Waals surface area contributed by atoms with Gasteiger partial charge in [0.2, 0.25) is 10.0 Å². The van der Waals surface area contributed by atoms with Crippen molar-refractivity contribution < 1.29 is 17.9 Å². The summed E-state index contributed by atoms with van der Waals surface area (Å²) in [6.45, 7) is 5.70. The number of amides is 1. The van der Waals surface area contributed by atoms with Gasteiger partial charge in [0.05, 0.1) is 17.7 Å². The van der Waals surface area contributed by atoms with E-state index in [0.717, 1.165) is 11.3 Å². The molecule has 0 saturated heterocycles. The summed E-state index contributed by atoms with van der Waals surface area (Å²) < 4.78 is 33.5. The Morgan fingerprint density at radius 3 is 2.61 bits per heavy atom. The molecule has 0 bridgehead atoms. The highest BCUT2D eigenvalue weighted by molar-refractivity contribution is 7.89. The molecule has 0 aromatic heterocycles. The summed E-state index contributed by atoms with van der Waals surface area (Å²) in [7, 11) is -3.87. The quantitative estimate of drug-likeness (QED) is 0.787. The molecule has 28 heavy (non-hydrogen) atoms. The number of halogens is 1. The standard InChI is InChI=1S/C20H23ClN2O4S/c1-20(2,3)23-28(25,26)18-12-13(8-9-15(18)21)19(24)22-16-10-11-27-17-7-5-4-6-14(16)17/h4-9,12,16,23H,10-11H2,1-3H3,(H,22,24). The summed E-state index contributed by atoms with van der Waals surface area (Å²) in [5.74, 6) is 0.373. The van der Waals surface area contributed by atoms with Crippen LogP contribution in [0.25, 0.3) is 0 Å². The van der Waals surface area contributed by atoms with Crippen molar-refractivity contribution in [2.45, 2.75) is 43.7 Å². The van der Waals surface area contributed by atoms with E-state index >= 15 is 0 Å². The molecular weight excluding hydrogens is 400 g/mol. The molecule has 8 heteroatoms. The zero-order chi connectivity index (χ0) is 20.5. The average molecular weight is 423 g/mol. The van der Waals surface area contributed by atoms with Crippen LogP contribution in [0.3, 0.4) is 0 Å². The molecule has 0 spiro atoms. The monoisotopic (exact) mass is 422 g/mol. The summed E-state index contributed by atoms with van der Waals surface area (Å²) in [5.41, 5.74) is 0.452. The highest BCUT2D eigenvalue weighted by Gasteiger charge is 2.27. The van der Waals surface area contributed by atoms with Crippen molar-refractivity contribution in [2.24, 2.45) is 0 Å². The molecule has 6 nitrogen and oxygen atoms in total. The molecule has 1 unspecified atom stereocenters. The minimum atomic E-state index is -3.87. The van der Waals surface area contributed by atoms with Crippen molar-refractivity contribution in [1.82, 2.24) is 10.0 Å². The molecule has 0 saturated carbocycles. The Bertz CT molecular complexity index is 1000. The summed E-state index contributed by atoms with van der Waals surface area (Å²) >= 11 is 6.11. The number of hydrogen-bond acceptors (Lipinski definition) is 4. The van der Waals surface area contributed by atoms with E-state index < -0.39 is 15.6 Å². The van der Waals surface area contributed by atoms with Gasteiger partial charge in [0.15, 0.2) is 0 Å². The van der Waals surface area contributed by atoms with E-state index in [-0.39, 0.29) is 27.4 Å². The highest BCUT2D eigenvalue weighted by atomic mass is 35.5. The van der Waals surface area contributed by atoms with Gasteiger partial charge in [-0.2, -0.15) is 0 Å². The van der Waals surface area contributed by atoms with Crippen LogP contribution in [0, 0.1) is 0 Å². The first-order valence-electron chi connectivity index (χ1n) is 8.93. The zero-order valence-corrected chi connectivity index (χ0v) is 17.5. The number of ether oxygens (including phenoxy) is 1. The fourth-order valence-electron chi connectivity index (χ4n) is 3.04. The fourth-order valence-corrected chi connectivity index (χ4v) is 4.99. The number of sulfonamides is 1. The summed E-state index contributed by atoms with van der Waals surface area (Å²) in [6, 6.07) is 11.6. The maximum absolute atomic E-state index is 12.8. The second-order valence-electron chi connectivity index (χ2n) is 7.70. The van der Waals surface area contributed by atoms with Crippen molar-refractivity contribution in [3.8, 4) is 5.75 Å². The molecule has 1 aliphatic heterocycles. The van der Waals surface area contributed by atoms with Crippen LogP contribution in [0.2, 0.25) is 5.02 Å². The molecule has 1 aliphatic rings. The Hall–Kier alpha value is -2.09. The molecule has 150 valence electrons. The Morgan fingerprint density at radius 2 is 1.89 bits per heavy atom. The van der Waals surface area contributed by atoms with Crippen LogP contribution in [0.15, 0.2) is 47.4 Å². The molecule has 1 atom stereocenters. The Labute approximate surface area is 170 Å². The minimum absolute atomic E-state index is 0.0599. The number of benzene rings is 2. The molecule has 3 rings (SSSR count). The zero-order valence-electron chi connectivity index (χ0n) is 16.0. The predicted octanol–water partition coefficient (Wildman–Crippen LogP) is 3.67. The Kier molecular flexibility index (Phi) is 5.70. The summed E-state index contributed by atoms with van der Waals surface area (Å²) in [4.78, 5) is 12.7. The molecule has 0 aliphatic carbocycles. The van der Waals surface area contributed by atoms with E-state index in [0.29, 0.717) is 13.0 Å². The van der Waals surface area contributed by atoms with Crippen LogP contribution in [0.5, 0.6) is 5.75 Å². The van der Waals surface area contributed by atoms with Crippen molar-refractivity contribution in [2.75, 3.05) is 6.61 Å². The third kappa shape index (κ3) is 4.66. The number of carbonyl (C=O) groups excluding carboxylic acids is 1. The smallest absolute Gasteiger partial charge is 0.251 e. The van der Waals surface area contributed by atoms with E-state index in [1.807, 2.05) is 24.3 Å². The lowest BCUT2D eigenvalue weighted by Crippen LogP contribution is -2.40. The van der Waals surface area contributed by atoms with Crippen LogP contribution in [0.1, 0.15) is 49.2 Å². The largest absolute Gasteiger partial charge is 0.493 e. The Balaban J connectivity index is 1.86. The van der Waals surface area contributed by atoms with Crippen LogP contribution in [0.4, 0.5) is 0 Å². The molecule has 0 fully saturated rings. The van der Waals surface area contributed by atoms with Gasteiger partial charge in [-0.3, -0.25) is 4.79 Å².